The third-order valence-electron chi connectivity index (χ3n) is 4.29. The van der Waals surface area contributed by atoms with Gasteiger partial charge in [0.05, 0.1) is 17.0 Å². The van der Waals surface area contributed by atoms with Crippen molar-refractivity contribution in [3.8, 4) is 0 Å². The van der Waals surface area contributed by atoms with Crippen molar-refractivity contribution < 1.29 is 13.8 Å². The van der Waals surface area contributed by atoms with E-state index in [-0.39, 0.29) is 5.91 Å². The highest BCUT2D eigenvalue weighted by atomic mass is 32.2. The second-order valence-electron chi connectivity index (χ2n) is 6.07. The van der Waals surface area contributed by atoms with Gasteiger partial charge in [0.15, 0.2) is 0 Å². The maximum atomic E-state index is 12.7. The zero-order valence-corrected chi connectivity index (χ0v) is 16.1. The predicted octanol–water partition coefficient (Wildman–Crippen LogP) is 4.12. The largest absolute Gasteiger partial charge is 0.361 e. The smallest absolute Gasteiger partial charge is 0.252 e. The first-order valence-electron chi connectivity index (χ1n) is 8.31. The number of carbonyl (C=O) groups excluding carboxylic acids is 1. The summed E-state index contributed by atoms with van der Waals surface area (Å²) >= 11 is 1.60. The number of benzene rings is 1. The number of carbonyl (C=O) groups is 1. The van der Waals surface area contributed by atoms with Crippen LogP contribution in [0.1, 0.15) is 44.4 Å². The summed E-state index contributed by atoms with van der Waals surface area (Å²) in [5.41, 5.74) is 4.32. The van der Waals surface area contributed by atoms with Crippen molar-refractivity contribution in [3.63, 3.8) is 0 Å². The fraction of sp³-hybridized carbons (Fsp3) is 0.316. The molecule has 3 rings (SSSR count). The van der Waals surface area contributed by atoms with Crippen molar-refractivity contribution >= 4 is 17.7 Å². The molecule has 0 aliphatic heterocycles. The van der Waals surface area contributed by atoms with Crippen molar-refractivity contribution in [2.24, 2.45) is 0 Å². The molecule has 0 fully saturated rings. The maximum Gasteiger partial charge on any atom is 0.252 e. The number of hydrogen-bond donors (Lipinski definition) is 1. The Bertz CT molecular complexity index is 891. The van der Waals surface area contributed by atoms with E-state index in [1.165, 1.54) is 0 Å². The molecule has 0 atom stereocenters. The van der Waals surface area contributed by atoms with E-state index in [0.717, 1.165) is 38.9 Å². The Hall–Kier alpha value is -2.54. The molecule has 0 aliphatic rings. The molecule has 7 heteroatoms. The minimum absolute atomic E-state index is 0.119. The molecule has 136 valence electrons. The van der Waals surface area contributed by atoms with Gasteiger partial charge in [0, 0.05) is 28.3 Å². The summed E-state index contributed by atoms with van der Waals surface area (Å²) in [5.74, 6) is 2.13. The molecule has 0 radical (unpaired) electrons. The highest BCUT2D eigenvalue weighted by Gasteiger charge is 2.16. The fourth-order valence-corrected chi connectivity index (χ4v) is 3.86. The van der Waals surface area contributed by atoms with Crippen molar-refractivity contribution in [1.29, 1.82) is 0 Å². The average molecular weight is 371 g/mol. The van der Waals surface area contributed by atoms with Crippen LogP contribution in [-0.4, -0.2) is 16.2 Å². The summed E-state index contributed by atoms with van der Waals surface area (Å²) in [6.45, 7) is 7.93. The maximum absolute atomic E-state index is 12.7. The van der Waals surface area contributed by atoms with Gasteiger partial charge in [-0.15, -0.1) is 11.8 Å². The van der Waals surface area contributed by atoms with Gasteiger partial charge in [0.2, 0.25) is 0 Å². The average Bonchev–Trinajstić information content (AvgIpc) is 3.13. The van der Waals surface area contributed by atoms with Gasteiger partial charge in [0.1, 0.15) is 11.5 Å². The number of aromatic nitrogens is 2. The van der Waals surface area contributed by atoms with Crippen LogP contribution in [0.25, 0.3) is 0 Å². The van der Waals surface area contributed by atoms with Crippen LogP contribution in [0.2, 0.25) is 0 Å². The number of hydrogen-bond acceptors (Lipinski definition) is 6. The van der Waals surface area contributed by atoms with E-state index in [2.05, 4.69) is 15.6 Å². The summed E-state index contributed by atoms with van der Waals surface area (Å²) < 4.78 is 10.3. The van der Waals surface area contributed by atoms with E-state index in [1.54, 1.807) is 11.8 Å². The lowest BCUT2D eigenvalue weighted by Gasteiger charge is -2.10. The lowest BCUT2D eigenvalue weighted by molar-refractivity contribution is 0.0948. The van der Waals surface area contributed by atoms with Crippen LogP contribution in [0.5, 0.6) is 0 Å². The lowest BCUT2D eigenvalue weighted by atomic mass is 10.2. The third kappa shape index (κ3) is 3.83. The van der Waals surface area contributed by atoms with Crippen molar-refractivity contribution in [2.45, 2.75) is 44.9 Å². The van der Waals surface area contributed by atoms with E-state index in [4.69, 9.17) is 9.05 Å². The van der Waals surface area contributed by atoms with Crippen LogP contribution in [0.4, 0.5) is 0 Å². The second-order valence-corrected chi connectivity index (χ2v) is 7.09. The van der Waals surface area contributed by atoms with Gasteiger partial charge in [-0.3, -0.25) is 4.79 Å². The molecule has 2 aromatic heterocycles. The Morgan fingerprint density at radius 1 is 1.00 bits per heavy atom. The zero-order chi connectivity index (χ0) is 18.7. The van der Waals surface area contributed by atoms with Crippen LogP contribution in [0, 0.1) is 27.7 Å². The first kappa shape index (κ1) is 18.3. The van der Waals surface area contributed by atoms with Crippen LogP contribution in [0.15, 0.2) is 38.2 Å². The topological polar surface area (TPSA) is 81.2 Å². The zero-order valence-electron chi connectivity index (χ0n) is 15.3. The van der Waals surface area contributed by atoms with Gasteiger partial charge in [-0.2, -0.15) is 0 Å². The van der Waals surface area contributed by atoms with E-state index in [9.17, 15) is 4.79 Å². The molecule has 1 amide bonds. The fourth-order valence-electron chi connectivity index (χ4n) is 2.66. The standard InChI is InChI=1S/C19H21N3O3S/c1-11-16(13(3)24-21-11)9-20-19(23)15-7-5-6-8-18(15)26-10-17-12(2)22-25-14(17)4/h5-8H,9-10H2,1-4H3,(H,20,23). The molecule has 0 unspecified atom stereocenters. The van der Waals surface area contributed by atoms with Gasteiger partial charge in [-0.05, 0) is 39.8 Å². The number of amides is 1. The Balaban J connectivity index is 1.71. The number of aryl methyl sites for hydroxylation is 4. The SMILES string of the molecule is Cc1noc(C)c1CNC(=O)c1ccccc1SCc1c(C)noc1C. The van der Waals surface area contributed by atoms with E-state index < -0.39 is 0 Å². The first-order valence-corrected chi connectivity index (χ1v) is 9.29. The highest BCUT2D eigenvalue weighted by molar-refractivity contribution is 7.98. The van der Waals surface area contributed by atoms with E-state index in [1.807, 2.05) is 52.0 Å². The summed E-state index contributed by atoms with van der Waals surface area (Å²) in [6.07, 6.45) is 0. The Morgan fingerprint density at radius 2 is 1.62 bits per heavy atom. The summed E-state index contributed by atoms with van der Waals surface area (Å²) in [5, 5.41) is 10.8. The second kappa shape index (κ2) is 7.78. The van der Waals surface area contributed by atoms with Crippen LogP contribution in [0.3, 0.4) is 0 Å². The molecule has 0 saturated carbocycles. The quantitative estimate of drug-likeness (QED) is 0.657. The molecule has 6 nitrogen and oxygen atoms in total. The van der Waals surface area contributed by atoms with Gasteiger partial charge < -0.3 is 14.4 Å². The molecular formula is C19H21N3O3S. The van der Waals surface area contributed by atoms with Crippen LogP contribution < -0.4 is 5.32 Å². The highest BCUT2D eigenvalue weighted by Crippen LogP contribution is 2.28. The molecule has 1 N–H and O–H groups in total. The van der Waals surface area contributed by atoms with Crippen molar-refractivity contribution in [3.05, 3.63) is 63.9 Å². The Morgan fingerprint density at radius 3 is 2.23 bits per heavy atom. The number of nitrogens with zero attached hydrogens (tertiary/aromatic N) is 2. The summed E-state index contributed by atoms with van der Waals surface area (Å²) in [7, 11) is 0. The molecule has 1 aromatic carbocycles. The molecule has 2 heterocycles. The molecular weight excluding hydrogens is 350 g/mol. The van der Waals surface area contributed by atoms with E-state index in [0.29, 0.717) is 17.9 Å². The number of thioether (sulfide) groups is 1. The van der Waals surface area contributed by atoms with Crippen LogP contribution in [-0.2, 0) is 12.3 Å². The predicted molar refractivity (Wildman–Crippen MR) is 99.1 cm³/mol. The number of nitrogens with one attached hydrogen (secondary N) is 1. The molecule has 0 saturated heterocycles. The first-order chi connectivity index (χ1) is 12.5. The molecule has 26 heavy (non-hydrogen) atoms. The van der Waals surface area contributed by atoms with Gasteiger partial charge in [0.25, 0.3) is 5.91 Å². The molecule has 3 aromatic rings. The lowest BCUT2D eigenvalue weighted by Crippen LogP contribution is -2.23. The Kier molecular flexibility index (Phi) is 5.46. The van der Waals surface area contributed by atoms with Gasteiger partial charge in [-0.1, -0.05) is 22.4 Å². The summed E-state index contributed by atoms with van der Waals surface area (Å²) in [6, 6.07) is 7.58. The van der Waals surface area contributed by atoms with Crippen molar-refractivity contribution in [2.75, 3.05) is 0 Å². The minimum atomic E-state index is -0.119. The third-order valence-corrected chi connectivity index (χ3v) is 5.39. The van der Waals surface area contributed by atoms with Gasteiger partial charge in [-0.25, -0.2) is 0 Å². The molecule has 0 spiro atoms. The Labute approximate surface area is 156 Å². The van der Waals surface area contributed by atoms with Crippen molar-refractivity contribution in [1.82, 2.24) is 15.6 Å². The van der Waals surface area contributed by atoms with Gasteiger partial charge >= 0.3 is 0 Å². The minimum Gasteiger partial charge on any atom is -0.361 e. The monoisotopic (exact) mass is 371 g/mol. The summed E-state index contributed by atoms with van der Waals surface area (Å²) in [4.78, 5) is 13.6. The number of rotatable bonds is 6. The molecule has 0 bridgehead atoms. The van der Waals surface area contributed by atoms with Crippen LogP contribution >= 0.6 is 11.8 Å². The van der Waals surface area contributed by atoms with E-state index >= 15 is 0 Å². The molecule has 0 aliphatic carbocycles. The normalized spacial score (nSPS) is 10.9.